The van der Waals surface area contributed by atoms with E-state index in [0.717, 1.165) is 65.4 Å². The summed E-state index contributed by atoms with van der Waals surface area (Å²) in [6.07, 6.45) is 1.37. The lowest BCUT2D eigenvalue weighted by molar-refractivity contribution is 0.0193. The molecule has 0 spiro atoms. The highest BCUT2D eigenvalue weighted by atomic mass is 16.5. The lowest BCUT2D eigenvalue weighted by Gasteiger charge is -2.41. The van der Waals surface area contributed by atoms with Crippen molar-refractivity contribution in [2.75, 3.05) is 63.3 Å². The first kappa shape index (κ1) is 38.0. The Balaban J connectivity index is 1.20. The second-order valence-electron chi connectivity index (χ2n) is 15.5. The molecule has 0 unspecified atom stereocenters. The van der Waals surface area contributed by atoms with Crippen molar-refractivity contribution in [3.05, 3.63) is 136 Å². The summed E-state index contributed by atoms with van der Waals surface area (Å²) < 4.78 is 7.66. The number of para-hydroxylation sites is 1. The maximum Gasteiger partial charge on any atom is 0.324 e. The first-order valence-electron chi connectivity index (χ1n) is 19.7. The Kier molecular flexibility index (Phi) is 10.6. The van der Waals surface area contributed by atoms with Crippen molar-refractivity contribution in [3.8, 4) is 17.0 Å². The molecule has 294 valence electrons. The summed E-state index contributed by atoms with van der Waals surface area (Å²) in [6.45, 7) is 7.06. The van der Waals surface area contributed by atoms with Crippen molar-refractivity contribution in [2.45, 2.75) is 38.9 Å². The summed E-state index contributed by atoms with van der Waals surface area (Å²) in [5, 5.41) is 9.85. The molecule has 4 aromatic carbocycles. The van der Waals surface area contributed by atoms with Gasteiger partial charge in [0.05, 0.1) is 18.8 Å². The van der Waals surface area contributed by atoms with Crippen molar-refractivity contribution >= 4 is 29.2 Å². The van der Waals surface area contributed by atoms with Gasteiger partial charge in [0.2, 0.25) is 0 Å². The van der Waals surface area contributed by atoms with Gasteiger partial charge >= 0.3 is 6.03 Å². The number of hydrogen-bond donors (Lipinski definition) is 1. The summed E-state index contributed by atoms with van der Waals surface area (Å²) in [5.74, 6) is -0.137. The molecular formula is C46H50N6O5. The number of phenols is 1. The highest BCUT2D eigenvalue weighted by Gasteiger charge is 2.35. The second kappa shape index (κ2) is 15.9. The minimum Gasteiger partial charge on any atom is -0.508 e. The minimum atomic E-state index is -0.194. The molecule has 0 radical (unpaired) electrons. The van der Waals surface area contributed by atoms with Gasteiger partial charge in [-0.3, -0.25) is 19.4 Å². The number of aromatic nitrogens is 1. The Morgan fingerprint density at radius 3 is 2.18 bits per heavy atom. The van der Waals surface area contributed by atoms with Crippen molar-refractivity contribution in [1.82, 2.24) is 19.3 Å². The number of amides is 4. The molecule has 8 rings (SSSR count). The Morgan fingerprint density at radius 2 is 1.44 bits per heavy atom. The maximum atomic E-state index is 15.4. The highest BCUT2D eigenvalue weighted by Crippen LogP contribution is 2.36. The van der Waals surface area contributed by atoms with Crippen molar-refractivity contribution in [1.29, 1.82) is 0 Å². The Hall–Kier alpha value is -5.91. The molecule has 0 bridgehead atoms. The van der Waals surface area contributed by atoms with E-state index in [4.69, 9.17) is 4.74 Å². The van der Waals surface area contributed by atoms with E-state index in [-0.39, 0.29) is 29.6 Å². The van der Waals surface area contributed by atoms with E-state index in [1.165, 1.54) is 5.56 Å². The van der Waals surface area contributed by atoms with E-state index in [1.807, 2.05) is 76.9 Å². The number of phenolic OH excluding ortho intramolecular Hbond substituents is 1. The van der Waals surface area contributed by atoms with Gasteiger partial charge in [0.15, 0.2) is 0 Å². The number of carbonyl (C=O) groups excluding carboxylic acids is 3. The Bertz CT molecular complexity index is 2300. The molecule has 4 amide bonds. The number of carbonyl (C=O) groups is 3. The summed E-state index contributed by atoms with van der Waals surface area (Å²) in [7, 11) is 5.46. The largest absolute Gasteiger partial charge is 0.508 e. The van der Waals surface area contributed by atoms with Crippen LogP contribution in [-0.2, 0) is 37.7 Å². The van der Waals surface area contributed by atoms with Crippen LogP contribution in [0.1, 0.15) is 48.7 Å². The highest BCUT2D eigenvalue weighted by molar-refractivity contribution is 6.08. The topological polar surface area (TPSA) is 102 Å². The quantitative estimate of drug-likeness (QED) is 0.203. The number of nitrogens with zero attached hydrogens (tertiary/aromatic N) is 6. The van der Waals surface area contributed by atoms with Crippen LogP contribution in [0.25, 0.3) is 11.3 Å². The van der Waals surface area contributed by atoms with E-state index >= 15 is 4.79 Å². The van der Waals surface area contributed by atoms with Gasteiger partial charge in [-0.25, -0.2) is 4.79 Å². The molecule has 3 aliphatic heterocycles. The van der Waals surface area contributed by atoms with Crippen LogP contribution in [0.2, 0.25) is 0 Å². The van der Waals surface area contributed by atoms with Crippen LogP contribution >= 0.6 is 0 Å². The van der Waals surface area contributed by atoms with Gasteiger partial charge < -0.3 is 29.1 Å². The third-order valence-electron chi connectivity index (χ3n) is 12.1. The fourth-order valence-electron chi connectivity index (χ4n) is 8.51. The minimum absolute atomic E-state index is 0.0572. The van der Waals surface area contributed by atoms with E-state index in [0.29, 0.717) is 56.1 Å². The lowest BCUT2D eigenvalue weighted by Crippen LogP contribution is -2.52. The van der Waals surface area contributed by atoms with Gasteiger partial charge in [-0.2, -0.15) is 0 Å². The number of morpholine rings is 1. The maximum absolute atomic E-state index is 15.4. The number of fused-ring (bicyclic) bond motifs is 2. The smallest absolute Gasteiger partial charge is 0.324 e. The standard InChI is InChI=1S/C46H50N6O5/c1-31-40(44(54)48(3)37-14-16-39(53)17-15-37)27-43(47(31)2)41-25-33-18-19-51(46(56)49(4)36-12-6-5-7-13-36)28-35(33)26-42(41)45(55)52-29-34-11-9-8-10-32(34)24-38(52)30-50-20-22-57-23-21-50/h5-17,25-27,38,53H,18-24,28-30H2,1-4H3/t38-/m0/s1. The van der Waals surface area contributed by atoms with E-state index in [1.54, 1.807) is 48.2 Å². The Morgan fingerprint density at radius 1 is 0.754 bits per heavy atom. The fraction of sp³-hybridized carbons (Fsp3) is 0.326. The summed E-state index contributed by atoms with van der Waals surface area (Å²) in [4.78, 5) is 52.8. The fourth-order valence-corrected chi connectivity index (χ4v) is 8.51. The molecule has 1 N–H and O–H groups in total. The predicted molar refractivity (Wildman–Crippen MR) is 222 cm³/mol. The molecule has 4 heterocycles. The monoisotopic (exact) mass is 766 g/mol. The average molecular weight is 767 g/mol. The van der Waals surface area contributed by atoms with Gasteiger partial charge in [0.1, 0.15) is 5.75 Å². The summed E-state index contributed by atoms with van der Waals surface area (Å²) >= 11 is 0. The van der Waals surface area contributed by atoms with Crippen molar-refractivity contribution in [3.63, 3.8) is 0 Å². The van der Waals surface area contributed by atoms with E-state index < -0.39 is 0 Å². The predicted octanol–water partition coefficient (Wildman–Crippen LogP) is 6.50. The number of urea groups is 1. The van der Waals surface area contributed by atoms with Crippen molar-refractivity contribution < 1.29 is 24.2 Å². The zero-order chi connectivity index (χ0) is 39.8. The van der Waals surface area contributed by atoms with Gasteiger partial charge in [-0.1, -0.05) is 42.5 Å². The van der Waals surface area contributed by atoms with Gasteiger partial charge in [0, 0.05) is 100 Å². The molecule has 1 aromatic heterocycles. The molecule has 1 fully saturated rings. The number of aromatic hydroxyl groups is 1. The summed E-state index contributed by atoms with van der Waals surface area (Å²) in [6, 6.07) is 30.4. The van der Waals surface area contributed by atoms with Crippen LogP contribution in [-0.4, -0.2) is 102 Å². The number of rotatable bonds is 7. The third kappa shape index (κ3) is 7.52. The first-order chi connectivity index (χ1) is 27.6. The zero-order valence-corrected chi connectivity index (χ0v) is 33.1. The van der Waals surface area contributed by atoms with Gasteiger partial charge in [-0.05, 0) is 96.6 Å². The second-order valence-corrected chi connectivity index (χ2v) is 15.5. The number of ether oxygens (including phenoxy) is 1. The summed E-state index contributed by atoms with van der Waals surface area (Å²) in [5.41, 5.74) is 9.28. The molecule has 11 nitrogen and oxygen atoms in total. The molecular weight excluding hydrogens is 717 g/mol. The van der Waals surface area contributed by atoms with E-state index in [9.17, 15) is 14.7 Å². The normalized spacial score (nSPS) is 16.8. The van der Waals surface area contributed by atoms with Crippen LogP contribution < -0.4 is 9.80 Å². The van der Waals surface area contributed by atoms with E-state index in [2.05, 4.69) is 29.2 Å². The molecule has 5 aromatic rings. The van der Waals surface area contributed by atoms with Crippen LogP contribution in [0, 0.1) is 6.92 Å². The average Bonchev–Trinajstić information content (AvgIpc) is 3.54. The van der Waals surface area contributed by atoms with Crippen LogP contribution in [0.3, 0.4) is 0 Å². The molecule has 57 heavy (non-hydrogen) atoms. The van der Waals surface area contributed by atoms with Gasteiger partial charge in [-0.15, -0.1) is 0 Å². The number of anilines is 2. The molecule has 3 aliphatic rings. The number of hydrogen-bond acceptors (Lipinski definition) is 6. The molecule has 0 aliphatic carbocycles. The third-order valence-corrected chi connectivity index (χ3v) is 12.1. The van der Waals surface area contributed by atoms with Gasteiger partial charge in [0.25, 0.3) is 11.8 Å². The SMILES string of the molecule is Cc1c(C(=O)N(C)c2ccc(O)cc2)cc(-c2cc3c(cc2C(=O)N2Cc4ccccc4C[C@H]2CN2CCOCC2)CN(C(=O)N(C)c2ccccc2)CC3)n1C. The van der Waals surface area contributed by atoms with Crippen molar-refractivity contribution in [2.24, 2.45) is 7.05 Å². The first-order valence-corrected chi connectivity index (χ1v) is 19.7. The molecule has 11 heteroatoms. The van der Waals surface area contributed by atoms with Crippen LogP contribution in [0.5, 0.6) is 5.75 Å². The Labute approximate surface area is 334 Å². The lowest BCUT2D eigenvalue weighted by atomic mass is 9.89. The van der Waals surface area contributed by atoms with Crippen LogP contribution in [0.4, 0.5) is 16.2 Å². The molecule has 1 atom stereocenters. The zero-order valence-electron chi connectivity index (χ0n) is 33.1. The molecule has 0 saturated carbocycles. The van der Waals surface area contributed by atoms with Crippen LogP contribution in [0.15, 0.2) is 97.1 Å². The number of benzene rings is 4. The molecule has 1 saturated heterocycles.